The Morgan fingerprint density at radius 2 is 1.66 bits per heavy atom. The lowest BCUT2D eigenvalue weighted by atomic mass is 10.1. The van der Waals surface area contributed by atoms with Crippen molar-refractivity contribution in [3.8, 4) is 11.5 Å². The molecular weight excluding hydrogens is 472 g/mol. The summed E-state index contributed by atoms with van der Waals surface area (Å²) in [5, 5.41) is 2.98. The van der Waals surface area contributed by atoms with E-state index in [0.717, 1.165) is 28.0 Å². The van der Waals surface area contributed by atoms with Crippen LogP contribution in [-0.2, 0) is 16.1 Å². The largest absolute Gasteiger partial charge is 0.497 e. The number of hydrogen-bond acceptors (Lipinski definition) is 4. The predicted molar refractivity (Wildman–Crippen MR) is 130 cm³/mol. The number of halogens is 1. The monoisotopic (exact) mass is 504 g/mol. The molecule has 1 N–H and O–H groups in total. The molecule has 0 aliphatic rings. The Morgan fingerprint density at radius 3 is 2.25 bits per heavy atom. The SMILES string of the molecule is CC[C@H](C)NC(=O)[C@H](C)N(Cc1ccc(Br)cc1)C(=O)CCCOc1ccc(OC)cc1. The van der Waals surface area contributed by atoms with Gasteiger partial charge in [0.25, 0.3) is 0 Å². The van der Waals surface area contributed by atoms with Crippen LogP contribution in [0.2, 0.25) is 0 Å². The Hall–Kier alpha value is -2.54. The molecule has 32 heavy (non-hydrogen) atoms. The van der Waals surface area contributed by atoms with E-state index in [-0.39, 0.29) is 17.9 Å². The molecule has 0 radical (unpaired) electrons. The van der Waals surface area contributed by atoms with E-state index >= 15 is 0 Å². The molecule has 0 aliphatic carbocycles. The van der Waals surface area contributed by atoms with Crippen molar-refractivity contribution in [2.75, 3.05) is 13.7 Å². The van der Waals surface area contributed by atoms with Crippen LogP contribution < -0.4 is 14.8 Å². The summed E-state index contributed by atoms with van der Waals surface area (Å²) in [6.45, 7) is 6.55. The number of carbonyl (C=O) groups excluding carboxylic acids is 2. The average Bonchev–Trinajstić information content (AvgIpc) is 2.81. The van der Waals surface area contributed by atoms with Gasteiger partial charge in [-0.1, -0.05) is 35.0 Å². The standard InChI is InChI=1S/C25H33BrN2O4/c1-5-18(2)27-25(30)19(3)28(17-20-8-10-21(26)11-9-20)24(29)7-6-16-32-23-14-12-22(31-4)13-15-23/h8-15,18-19H,5-7,16-17H2,1-4H3,(H,27,30)/t18-,19-/m0/s1. The van der Waals surface area contributed by atoms with Gasteiger partial charge in [0.1, 0.15) is 17.5 Å². The van der Waals surface area contributed by atoms with Crippen molar-refractivity contribution in [1.82, 2.24) is 10.2 Å². The van der Waals surface area contributed by atoms with Crippen molar-refractivity contribution in [3.05, 3.63) is 58.6 Å². The molecule has 0 aliphatic heterocycles. The molecule has 0 heterocycles. The summed E-state index contributed by atoms with van der Waals surface area (Å²) >= 11 is 3.43. The van der Waals surface area contributed by atoms with Crippen molar-refractivity contribution in [2.24, 2.45) is 0 Å². The molecule has 0 spiro atoms. The summed E-state index contributed by atoms with van der Waals surface area (Å²) in [5.74, 6) is 1.28. The van der Waals surface area contributed by atoms with Crippen molar-refractivity contribution in [2.45, 2.75) is 58.7 Å². The molecule has 0 bridgehead atoms. The molecule has 2 aromatic carbocycles. The first kappa shape index (κ1) is 25.7. The van der Waals surface area contributed by atoms with E-state index in [9.17, 15) is 9.59 Å². The van der Waals surface area contributed by atoms with Crippen LogP contribution in [0.25, 0.3) is 0 Å². The Bertz CT molecular complexity index is 855. The van der Waals surface area contributed by atoms with Gasteiger partial charge in [-0.2, -0.15) is 0 Å². The Balaban J connectivity index is 1.98. The van der Waals surface area contributed by atoms with Crippen LogP contribution in [0.4, 0.5) is 0 Å². The molecule has 0 unspecified atom stereocenters. The van der Waals surface area contributed by atoms with E-state index in [1.807, 2.05) is 62.4 Å². The van der Waals surface area contributed by atoms with E-state index in [4.69, 9.17) is 9.47 Å². The summed E-state index contributed by atoms with van der Waals surface area (Å²) in [4.78, 5) is 27.4. The van der Waals surface area contributed by atoms with Crippen molar-refractivity contribution in [3.63, 3.8) is 0 Å². The molecule has 2 amide bonds. The second-order valence-corrected chi connectivity index (χ2v) is 8.69. The van der Waals surface area contributed by atoms with Crippen molar-refractivity contribution >= 4 is 27.7 Å². The van der Waals surface area contributed by atoms with E-state index in [1.54, 1.807) is 18.9 Å². The molecule has 0 aromatic heterocycles. The van der Waals surface area contributed by atoms with Gasteiger partial charge in [0.2, 0.25) is 11.8 Å². The number of rotatable bonds is 12. The normalized spacial score (nSPS) is 12.5. The lowest BCUT2D eigenvalue weighted by molar-refractivity contribution is -0.141. The van der Waals surface area contributed by atoms with Gasteiger partial charge >= 0.3 is 0 Å². The van der Waals surface area contributed by atoms with Crippen LogP contribution in [0.15, 0.2) is 53.0 Å². The maximum Gasteiger partial charge on any atom is 0.242 e. The second kappa shape index (κ2) is 13.1. The minimum atomic E-state index is -0.567. The van der Waals surface area contributed by atoms with Gasteiger partial charge in [-0.05, 0) is 68.7 Å². The van der Waals surface area contributed by atoms with Gasteiger partial charge in [-0.15, -0.1) is 0 Å². The van der Waals surface area contributed by atoms with Crippen LogP contribution in [0.1, 0.15) is 45.6 Å². The zero-order chi connectivity index (χ0) is 23.5. The molecule has 2 aromatic rings. The third-order valence-corrected chi connectivity index (χ3v) is 5.83. The van der Waals surface area contributed by atoms with Gasteiger partial charge in [-0.3, -0.25) is 9.59 Å². The zero-order valence-electron chi connectivity index (χ0n) is 19.3. The highest BCUT2D eigenvalue weighted by Crippen LogP contribution is 2.18. The molecule has 7 heteroatoms. The fourth-order valence-corrected chi connectivity index (χ4v) is 3.33. The summed E-state index contributed by atoms with van der Waals surface area (Å²) in [7, 11) is 1.62. The summed E-state index contributed by atoms with van der Waals surface area (Å²) < 4.78 is 11.8. The third kappa shape index (κ3) is 8.19. The third-order valence-electron chi connectivity index (χ3n) is 5.30. The van der Waals surface area contributed by atoms with Crippen LogP contribution in [-0.4, -0.2) is 42.5 Å². The molecular formula is C25H33BrN2O4. The maximum absolute atomic E-state index is 13.1. The highest BCUT2D eigenvalue weighted by molar-refractivity contribution is 9.10. The first-order chi connectivity index (χ1) is 15.3. The van der Waals surface area contributed by atoms with Gasteiger partial charge in [0, 0.05) is 23.5 Å². The Morgan fingerprint density at radius 1 is 1.03 bits per heavy atom. The lowest BCUT2D eigenvalue weighted by Gasteiger charge is -2.29. The minimum absolute atomic E-state index is 0.0625. The van der Waals surface area contributed by atoms with Crippen molar-refractivity contribution < 1.29 is 19.1 Å². The molecule has 6 nitrogen and oxygen atoms in total. The average molecular weight is 505 g/mol. The van der Waals surface area contributed by atoms with E-state index in [1.165, 1.54) is 0 Å². The van der Waals surface area contributed by atoms with E-state index in [2.05, 4.69) is 21.2 Å². The predicted octanol–water partition coefficient (Wildman–Crippen LogP) is 4.95. The molecule has 2 rings (SSSR count). The van der Waals surface area contributed by atoms with E-state index < -0.39 is 6.04 Å². The minimum Gasteiger partial charge on any atom is -0.497 e. The van der Waals surface area contributed by atoms with Crippen LogP contribution in [0.3, 0.4) is 0 Å². The quantitative estimate of drug-likeness (QED) is 0.415. The zero-order valence-corrected chi connectivity index (χ0v) is 20.9. The van der Waals surface area contributed by atoms with Crippen LogP contribution in [0.5, 0.6) is 11.5 Å². The van der Waals surface area contributed by atoms with Gasteiger partial charge in [0.15, 0.2) is 0 Å². The van der Waals surface area contributed by atoms with Gasteiger partial charge in [0.05, 0.1) is 13.7 Å². The van der Waals surface area contributed by atoms with Crippen LogP contribution in [0, 0.1) is 0 Å². The molecule has 0 saturated carbocycles. The Kier molecular flexibility index (Phi) is 10.5. The number of ether oxygens (including phenoxy) is 2. The molecule has 0 fully saturated rings. The maximum atomic E-state index is 13.1. The number of nitrogens with zero attached hydrogens (tertiary/aromatic N) is 1. The van der Waals surface area contributed by atoms with Crippen LogP contribution >= 0.6 is 15.9 Å². The topological polar surface area (TPSA) is 67.9 Å². The highest BCUT2D eigenvalue weighted by atomic mass is 79.9. The first-order valence-corrected chi connectivity index (χ1v) is 11.7. The van der Waals surface area contributed by atoms with Gasteiger partial charge < -0.3 is 19.7 Å². The Labute approximate surface area is 199 Å². The summed E-state index contributed by atoms with van der Waals surface area (Å²) in [5.41, 5.74) is 0.972. The lowest BCUT2D eigenvalue weighted by Crippen LogP contribution is -2.49. The number of amides is 2. The number of nitrogens with one attached hydrogen (secondary N) is 1. The fraction of sp³-hybridized carbons (Fsp3) is 0.440. The van der Waals surface area contributed by atoms with E-state index in [0.29, 0.717) is 26.0 Å². The first-order valence-electron chi connectivity index (χ1n) is 10.9. The number of carbonyl (C=O) groups is 2. The molecule has 2 atom stereocenters. The number of hydrogen-bond donors (Lipinski definition) is 1. The molecule has 0 saturated heterocycles. The van der Waals surface area contributed by atoms with Crippen molar-refractivity contribution in [1.29, 1.82) is 0 Å². The smallest absolute Gasteiger partial charge is 0.242 e. The van der Waals surface area contributed by atoms with Gasteiger partial charge in [-0.25, -0.2) is 0 Å². The summed E-state index contributed by atoms with van der Waals surface area (Å²) in [6.07, 6.45) is 1.69. The molecule has 174 valence electrons. The highest BCUT2D eigenvalue weighted by Gasteiger charge is 2.26. The summed E-state index contributed by atoms with van der Waals surface area (Å²) in [6, 6.07) is 14.6. The fourth-order valence-electron chi connectivity index (χ4n) is 3.06. The number of benzene rings is 2. The number of methoxy groups -OCH3 is 1. The second-order valence-electron chi connectivity index (χ2n) is 7.77.